The van der Waals surface area contributed by atoms with Crippen molar-refractivity contribution in [2.75, 3.05) is 12.8 Å². The fourth-order valence-electron chi connectivity index (χ4n) is 3.50. The maximum Gasteiger partial charge on any atom is 0.356 e. The standard InChI is InChI=1S/C24H18N6O2/c1-32-24(31)20-10-9-16(14-27-20)30-22(17-8-5-13-26-21(17)25)29-19-12-11-18(28-23(19)30)15-6-3-2-4-7-15/h2-14H,1H3,(H2,25,26). The number of pyridine rings is 3. The Kier molecular flexibility index (Phi) is 4.79. The molecule has 4 heterocycles. The Hall–Kier alpha value is -4.59. The highest BCUT2D eigenvalue weighted by atomic mass is 16.5. The summed E-state index contributed by atoms with van der Waals surface area (Å²) >= 11 is 0. The van der Waals surface area contributed by atoms with Gasteiger partial charge in [-0.2, -0.15) is 0 Å². The molecule has 0 aliphatic heterocycles. The maximum absolute atomic E-state index is 11.8. The van der Waals surface area contributed by atoms with E-state index in [1.54, 1.807) is 30.6 Å². The number of carbonyl (C=O) groups excluding carboxylic acids is 1. The summed E-state index contributed by atoms with van der Waals surface area (Å²) < 4.78 is 6.62. The SMILES string of the molecule is COC(=O)c1ccc(-n2c(-c3cccnc3N)nc3ccc(-c4ccccc4)nc32)cn1. The largest absolute Gasteiger partial charge is 0.464 e. The molecule has 0 atom stereocenters. The molecule has 0 fully saturated rings. The van der Waals surface area contributed by atoms with Gasteiger partial charge in [0.1, 0.15) is 17.0 Å². The first-order chi connectivity index (χ1) is 15.7. The summed E-state index contributed by atoms with van der Waals surface area (Å²) in [6.45, 7) is 0. The van der Waals surface area contributed by atoms with Crippen molar-refractivity contribution < 1.29 is 9.53 Å². The Morgan fingerprint density at radius 2 is 1.78 bits per heavy atom. The number of nitrogens with zero attached hydrogens (tertiary/aromatic N) is 5. The van der Waals surface area contributed by atoms with Crippen molar-refractivity contribution in [3.05, 3.63) is 84.8 Å². The lowest BCUT2D eigenvalue weighted by Crippen LogP contribution is -2.06. The van der Waals surface area contributed by atoms with Crippen molar-refractivity contribution in [3.8, 4) is 28.3 Å². The van der Waals surface area contributed by atoms with Gasteiger partial charge < -0.3 is 10.5 Å². The molecule has 0 saturated carbocycles. The lowest BCUT2D eigenvalue weighted by atomic mass is 10.1. The molecular weight excluding hydrogens is 404 g/mol. The zero-order valence-electron chi connectivity index (χ0n) is 17.1. The highest BCUT2D eigenvalue weighted by Gasteiger charge is 2.19. The van der Waals surface area contributed by atoms with Gasteiger partial charge in [0.05, 0.1) is 30.3 Å². The average molecular weight is 422 g/mol. The van der Waals surface area contributed by atoms with Crippen molar-refractivity contribution in [2.45, 2.75) is 0 Å². The number of fused-ring (bicyclic) bond motifs is 1. The Morgan fingerprint density at radius 1 is 0.938 bits per heavy atom. The zero-order chi connectivity index (χ0) is 22.1. The summed E-state index contributed by atoms with van der Waals surface area (Å²) in [7, 11) is 1.32. The minimum atomic E-state index is -0.506. The molecule has 0 bridgehead atoms. The van der Waals surface area contributed by atoms with Gasteiger partial charge in [0, 0.05) is 11.8 Å². The van der Waals surface area contributed by atoms with Crippen LogP contribution in [0, 0.1) is 0 Å². The second kappa shape index (κ2) is 7.92. The molecule has 0 unspecified atom stereocenters. The van der Waals surface area contributed by atoms with E-state index in [9.17, 15) is 4.79 Å². The number of benzene rings is 1. The molecule has 1 aromatic carbocycles. The van der Waals surface area contributed by atoms with Crippen LogP contribution in [0.4, 0.5) is 5.82 Å². The van der Waals surface area contributed by atoms with E-state index >= 15 is 0 Å². The van der Waals surface area contributed by atoms with Gasteiger partial charge in [-0.15, -0.1) is 0 Å². The van der Waals surface area contributed by atoms with E-state index in [4.69, 9.17) is 20.4 Å². The smallest absolute Gasteiger partial charge is 0.356 e. The van der Waals surface area contributed by atoms with Crippen molar-refractivity contribution in [1.29, 1.82) is 0 Å². The van der Waals surface area contributed by atoms with Gasteiger partial charge in [-0.05, 0) is 36.4 Å². The number of anilines is 1. The number of imidazole rings is 1. The second-order valence-electron chi connectivity index (χ2n) is 7.01. The quantitative estimate of drug-likeness (QED) is 0.437. The van der Waals surface area contributed by atoms with Gasteiger partial charge in [0.25, 0.3) is 0 Å². The number of hydrogen-bond donors (Lipinski definition) is 1. The van der Waals surface area contributed by atoms with Crippen LogP contribution in [-0.2, 0) is 4.74 Å². The Bertz CT molecular complexity index is 1430. The lowest BCUT2D eigenvalue weighted by Gasteiger charge is -2.10. The van der Waals surface area contributed by atoms with Crippen LogP contribution in [0.5, 0.6) is 0 Å². The second-order valence-corrected chi connectivity index (χ2v) is 7.01. The van der Waals surface area contributed by atoms with E-state index in [2.05, 4.69) is 9.97 Å². The molecule has 4 aromatic heterocycles. The molecule has 2 N–H and O–H groups in total. The molecule has 32 heavy (non-hydrogen) atoms. The summed E-state index contributed by atoms with van der Waals surface area (Å²) in [4.78, 5) is 30.0. The number of methoxy groups -OCH3 is 1. The van der Waals surface area contributed by atoms with Gasteiger partial charge >= 0.3 is 5.97 Å². The van der Waals surface area contributed by atoms with E-state index in [0.717, 1.165) is 11.3 Å². The molecule has 0 aliphatic carbocycles. The topological polar surface area (TPSA) is 109 Å². The first-order valence-electron chi connectivity index (χ1n) is 9.86. The first kappa shape index (κ1) is 19.4. The van der Waals surface area contributed by atoms with Gasteiger partial charge in [0.15, 0.2) is 11.5 Å². The van der Waals surface area contributed by atoms with Crippen LogP contribution in [0.3, 0.4) is 0 Å². The maximum atomic E-state index is 11.8. The predicted octanol–water partition coefficient (Wildman–Crippen LogP) is 3.91. The monoisotopic (exact) mass is 422 g/mol. The van der Waals surface area contributed by atoms with Crippen LogP contribution in [0.1, 0.15) is 10.5 Å². The number of nitrogens with two attached hydrogens (primary N) is 1. The average Bonchev–Trinajstić information content (AvgIpc) is 3.23. The number of rotatable bonds is 4. The Balaban J connectivity index is 1.76. The third-order valence-electron chi connectivity index (χ3n) is 5.05. The third-order valence-corrected chi connectivity index (χ3v) is 5.05. The number of esters is 1. The predicted molar refractivity (Wildman–Crippen MR) is 121 cm³/mol. The molecule has 0 radical (unpaired) electrons. The minimum absolute atomic E-state index is 0.209. The highest BCUT2D eigenvalue weighted by Crippen LogP contribution is 2.31. The summed E-state index contributed by atoms with van der Waals surface area (Å²) in [6.07, 6.45) is 3.21. The van der Waals surface area contributed by atoms with Crippen LogP contribution >= 0.6 is 0 Å². The van der Waals surface area contributed by atoms with E-state index in [1.807, 2.05) is 53.1 Å². The highest BCUT2D eigenvalue weighted by molar-refractivity contribution is 5.88. The number of ether oxygens (including phenoxy) is 1. The van der Waals surface area contributed by atoms with E-state index in [0.29, 0.717) is 34.1 Å². The molecule has 0 saturated heterocycles. The van der Waals surface area contributed by atoms with Crippen molar-refractivity contribution in [3.63, 3.8) is 0 Å². The molecule has 0 aliphatic rings. The van der Waals surface area contributed by atoms with Crippen LogP contribution in [0.25, 0.3) is 39.5 Å². The minimum Gasteiger partial charge on any atom is -0.464 e. The molecule has 0 amide bonds. The van der Waals surface area contributed by atoms with Crippen LogP contribution in [0.2, 0.25) is 0 Å². The van der Waals surface area contributed by atoms with Crippen LogP contribution in [0.15, 0.2) is 79.1 Å². The van der Waals surface area contributed by atoms with E-state index in [1.165, 1.54) is 7.11 Å². The van der Waals surface area contributed by atoms with Gasteiger partial charge in [-0.25, -0.2) is 24.7 Å². The fraction of sp³-hybridized carbons (Fsp3) is 0.0417. The van der Waals surface area contributed by atoms with Crippen molar-refractivity contribution in [1.82, 2.24) is 24.5 Å². The summed E-state index contributed by atoms with van der Waals surface area (Å²) in [5, 5.41) is 0. The number of carbonyl (C=O) groups is 1. The third kappa shape index (κ3) is 3.33. The summed E-state index contributed by atoms with van der Waals surface area (Å²) in [5.74, 6) is 0.427. The van der Waals surface area contributed by atoms with Crippen molar-refractivity contribution >= 4 is 23.0 Å². The number of hydrogen-bond acceptors (Lipinski definition) is 7. The molecule has 156 valence electrons. The number of nitrogen functional groups attached to an aromatic ring is 1. The van der Waals surface area contributed by atoms with Gasteiger partial charge in [-0.1, -0.05) is 30.3 Å². The number of aromatic nitrogens is 5. The molecule has 8 nitrogen and oxygen atoms in total. The van der Waals surface area contributed by atoms with Crippen molar-refractivity contribution in [2.24, 2.45) is 0 Å². The Labute approximate surface area is 183 Å². The summed E-state index contributed by atoms with van der Waals surface area (Å²) in [5.41, 5.74) is 10.8. The summed E-state index contributed by atoms with van der Waals surface area (Å²) in [6, 6.07) is 20.8. The fourth-order valence-corrected chi connectivity index (χ4v) is 3.50. The molecular formula is C24H18N6O2. The van der Waals surface area contributed by atoms with E-state index < -0.39 is 5.97 Å². The normalized spacial score (nSPS) is 10.9. The van der Waals surface area contributed by atoms with Gasteiger partial charge in [-0.3, -0.25) is 4.57 Å². The first-order valence-corrected chi connectivity index (χ1v) is 9.86. The molecule has 8 heteroatoms. The van der Waals surface area contributed by atoms with E-state index in [-0.39, 0.29) is 5.69 Å². The molecule has 5 rings (SSSR count). The molecule has 0 spiro atoms. The van der Waals surface area contributed by atoms with Crippen LogP contribution in [-0.4, -0.2) is 37.6 Å². The Morgan fingerprint density at radius 3 is 2.50 bits per heavy atom. The molecule has 5 aromatic rings. The zero-order valence-corrected chi connectivity index (χ0v) is 17.1. The lowest BCUT2D eigenvalue weighted by molar-refractivity contribution is 0.0594. The van der Waals surface area contributed by atoms with Gasteiger partial charge in [0.2, 0.25) is 0 Å². The van der Waals surface area contributed by atoms with Crippen LogP contribution < -0.4 is 5.73 Å².